The number of fused-ring (bicyclic) bond motifs is 1. The summed E-state index contributed by atoms with van der Waals surface area (Å²) in [6, 6.07) is 12.5. The van der Waals surface area contributed by atoms with Gasteiger partial charge in [-0.25, -0.2) is 4.79 Å². The molecule has 0 amide bonds. The Labute approximate surface area is 168 Å². The number of nitrogens with zero attached hydrogens (tertiary/aromatic N) is 1. The molecule has 0 radical (unpaired) electrons. The van der Waals surface area contributed by atoms with Gasteiger partial charge in [0.25, 0.3) is 0 Å². The molecule has 4 rings (SSSR count). The number of aromatic carboxylic acids is 1. The van der Waals surface area contributed by atoms with Crippen molar-refractivity contribution in [3.8, 4) is 17.1 Å². The normalized spacial score (nSPS) is 16.7. The zero-order valence-corrected chi connectivity index (χ0v) is 15.7. The average Bonchev–Trinajstić information content (AvgIpc) is 3.24. The highest BCUT2D eigenvalue weighted by molar-refractivity contribution is 5.85. The number of ether oxygens (including phenoxy) is 1. The third kappa shape index (κ3) is 4.47. The van der Waals surface area contributed by atoms with E-state index in [1.165, 1.54) is 6.07 Å². The second-order valence-electron chi connectivity index (χ2n) is 7.03. The van der Waals surface area contributed by atoms with Crippen LogP contribution in [0, 0.1) is 0 Å². The molecule has 1 aliphatic rings. The predicted octanol–water partition coefficient (Wildman–Crippen LogP) is 3.06. The molecule has 0 saturated heterocycles. The number of aromatic nitrogens is 1. The Balaban J connectivity index is 1.33. The molecule has 3 N–H and O–H groups in total. The van der Waals surface area contributed by atoms with Crippen LogP contribution in [0.2, 0.25) is 0 Å². The van der Waals surface area contributed by atoms with Crippen molar-refractivity contribution >= 4 is 5.97 Å². The molecule has 0 unspecified atom stereocenters. The van der Waals surface area contributed by atoms with Crippen molar-refractivity contribution in [1.82, 2.24) is 10.3 Å². The van der Waals surface area contributed by atoms with Crippen molar-refractivity contribution in [3.63, 3.8) is 0 Å². The number of pyridine rings is 1. The molecule has 2 aromatic heterocycles. The van der Waals surface area contributed by atoms with Gasteiger partial charge in [-0.1, -0.05) is 6.07 Å². The first-order valence-electron chi connectivity index (χ1n) is 9.52. The van der Waals surface area contributed by atoms with Gasteiger partial charge in [0, 0.05) is 36.6 Å². The first-order valence-corrected chi connectivity index (χ1v) is 9.52. The Morgan fingerprint density at radius 3 is 2.93 bits per heavy atom. The Kier molecular flexibility index (Phi) is 5.59. The van der Waals surface area contributed by atoms with E-state index in [0.29, 0.717) is 18.8 Å². The summed E-state index contributed by atoms with van der Waals surface area (Å²) < 4.78 is 11.4. The van der Waals surface area contributed by atoms with Gasteiger partial charge in [0.1, 0.15) is 17.6 Å². The van der Waals surface area contributed by atoms with Gasteiger partial charge in [0.05, 0.1) is 6.10 Å². The fourth-order valence-electron chi connectivity index (χ4n) is 3.42. The molecular formula is C22H22N2O5. The fraction of sp³-hybridized carbons (Fsp3) is 0.273. The molecule has 29 heavy (non-hydrogen) atoms. The topological polar surface area (TPSA) is 105 Å². The monoisotopic (exact) mass is 394 g/mol. The van der Waals surface area contributed by atoms with Gasteiger partial charge in [-0.2, -0.15) is 0 Å². The summed E-state index contributed by atoms with van der Waals surface area (Å²) in [4.78, 5) is 15.0. The van der Waals surface area contributed by atoms with E-state index in [1.807, 2.05) is 24.3 Å². The maximum atomic E-state index is 11.0. The highest BCUT2D eigenvalue weighted by Gasteiger charge is 2.21. The number of carboxylic acids is 1. The van der Waals surface area contributed by atoms with E-state index in [0.717, 1.165) is 35.3 Å². The molecule has 0 fully saturated rings. The Hall–Kier alpha value is -3.16. The lowest BCUT2D eigenvalue weighted by Crippen LogP contribution is -2.36. The number of aliphatic hydroxyl groups is 1. The summed E-state index contributed by atoms with van der Waals surface area (Å²) in [6.07, 6.45) is 4.47. The first kappa shape index (κ1) is 19.2. The quantitative estimate of drug-likeness (QED) is 0.566. The SMILES string of the molecule is O=C(O)c1ccc(-c2ccc3c(c2)CC[C@H](CNC[C@H](O)c2cccnc2)O3)o1. The van der Waals surface area contributed by atoms with Crippen LogP contribution in [0.3, 0.4) is 0 Å². The van der Waals surface area contributed by atoms with E-state index < -0.39 is 12.1 Å². The van der Waals surface area contributed by atoms with Gasteiger partial charge in [-0.05, 0) is 54.8 Å². The number of hydrogen-bond donors (Lipinski definition) is 3. The highest BCUT2D eigenvalue weighted by atomic mass is 16.5. The number of nitrogens with one attached hydrogen (secondary N) is 1. The number of furan rings is 1. The molecule has 1 aromatic carbocycles. The Morgan fingerprint density at radius 2 is 2.17 bits per heavy atom. The largest absolute Gasteiger partial charge is 0.489 e. The minimum atomic E-state index is -1.08. The van der Waals surface area contributed by atoms with Crippen LogP contribution in [0.5, 0.6) is 5.75 Å². The van der Waals surface area contributed by atoms with Crippen molar-refractivity contribution in [2.75, 3.05) is 13.1 Å². The van der Waals surface area contributed by atoms with Crippen molar-refractivity contribution in [3.05, 3.63) is 71.7 Å². The summed E-state index contributed by atoms with van der Waals surface area (Å²) in [5.74, 6) is 0.193. The van der Waals surface area contributed by atoms with Crippen LogP contribution >= 0.6 is 0 Å². The summed E-state index contributed by atoms with van der Waals surface area (Å²) in [7, 11) is 0. The van der Waals surface area contributed by atoms with E-state index >= 15 is 0 Å². The van der Waals surface area contributed by atoms with E-state index in [-0.39, 0.29) is 11.9 Å². The summed E-state index contributed by atoms with van der Waals surface area (Å²) in [6.45, 7) is 1.07. The molecule has 3 aromatic rings. The lowest BCUT2D eigenvalue weighted by Gasteiger charge is -2.27. The van der Waals surface area contributed by atoms with Crippen LogP contribution in [0.15, 0.2) is 59.3 Å². The van der Waals surface area contributed by atoms with Gasteiger partial charge >= 0.3 is 5.97 Å². The van der Waals surface area contributed by atoms with E-state index in [4.69, 9.17) is 14.3 Å². The molecule has 0 spiro atoms. The molecule has 3 heterocycles. The Morgan fingerprint density at radius 1 is 1.28 bits per heavy atom. The number of benzene rings is 1. The van der Waals surface area contributed by atoms with Gasteiger partial charge in [0.2, 0.25) is 5.76 Å². The minimum Gasteiger partial charge on any atom is -0.489 e. The zero-order chi connectivity index (χ0) is 20.2. The summed E-state index contributed by atoms with van der Waals surface area (Å²) in [5.41, 5.74) is 2.69. The van der Waals surface area contributed by atoms with Crippen LogP contribution in [0.1, 0.15) is 34.2 Å². The van der Waals surface area contributed by atoms with E-state index in [2.05, 4.69) is 10.3 Å². The first-order chi connectivity index (χ1) is 14.1. The molecule has 7 heteroatoms. The minimum absolute atomic E-state index is 0.0247. The number of aliphatic hydroxyl groups excluding tert-OH is 1. The van der Waals surface area contributed by atoms with Crippen molar-refractivity contribution in [2.24, 2.45) is 0 Å². The zero-order valence-electron chi connectivity index (χ0n) is 15.7. The van der Waals surface area contributed by atoms with Crippen LogP contribution in [0.4, 0.5) is 0 Å². The van der Waals surface area contributed by atoms with Crippen LogP contribution in [0.25, 0.3) is 11.3 Å². The summed E-state index contributed by atoms with van der Waals surface area (Å²) in [5, 5.41) is 22.5. The van der Waals surface area contributed by atoms with Gasteiger partial charge in [-0.3, -0.25) is 4.98 Å². The van der Waals surface area contributed by atoms with Crippen LogP contribution in [-0.4, -0.2) is 40.4 Å². The number of carbonyl (C=O) groups is 1. The van der Waals surface area contributed by atoms with Crippen molar-refractivity contribution in [2.45, 2.75) is 25.0 Å². The second kappa shape index (κ2) is 8.46. The molecule has 0 saturated carbocycles. The molecule has 7 nitrogen and oxygen atoms in total. The average molecular weight is 394 g/mol. The fourth-order valence-corrected chi connectivity index (χ4v) is 3.42. The molecule has 0 aliphatic carbocycles. The van der Waals surface area contributed by atoms with Crippen molar-refractivity contribution in [1.29, 1.82) is 0 Å². The molecule has 150 valence electrons. The van der Waals surface area contributed by atoms with Crippen LogP contribution in [-0.2, 0) is 6.42 Å². The maximum Gasteiger partial charge on any atom is 0.371 e. The number of aryl methyl sites for hydroxylation is 1. The number of carboxylic acid groups (broad SMARTS) is 1. The number of rotatable bonds is 7. The molecule has 2 atom stereocenters. The van der Waals surface area contributed by atoms with Gasteiger partial charge in [-0.15, -0.1) is 0 Å². The van der Waals surface area contributed by atoms with Crippen molar-refractivity contribution < 1.29 is 24.2 Å². The maximum absolute atomic E-state index is 11.0. The highest BCUT2D eigenvalue weighted by Crippen LogP contribution is 2.32. The van der Waals surface area contributed by atoms with Gasteiger partial charge < -0.3 is 24.7 Å². The second-order valence-corrected chi connectivity index (χ2v) is 7.03. The standard InChI is InChI=1S/C22H22N2O5/c25-18(16-2-1-9-23-11-16)13-24-12-17-5-3-14-10-15(4-6-19(14)28-17)20-7-8-21(29-20)22(26)27/h1-2,4,6-11,17-18,24-25H,3,5,12-13H2,(H,26,27)/t17-,18+/m1/s1. The molecule has 1 aliphatic heterocycles. The van der Waals surface area contributed by atoms with Gasteiger partial charge in [0.15, 0.2) is 0 Å². The van der Waals surface area contributed by atoms with Crippen LogP contribution < -0.4 is 10.1 Å². The molecular weight excluding hydrogens is 372 g/mol. The van der Waals surface area contributed by atoms with E-state index in [1.54, 1.807) is 24.5 Å². The molecule has 0 bridgehead atoms. The van der Waals surface area contributed by atoms with E-state index in [9.17, 15) is 9.90 Å². The Bertz CT molecular complexity index is 986. The summed E-state index contributed by atoms with van der Waals surface area (Å²) >= 11 is 0. The third-order valence-corrected chi connectivity index (χ3v) is 4.97. The predicted molar refractivity (Wildman–Crippen MR) is 106 cm³/mol. The smallest absolute Gasteiger partial charge is 0.371 e. The lowest BCUT2D eigenvalue weighted by molar-refractivity contribution is 0.0663. The third-order valence-electron chi connectivity index (χ3n) is 4.97. The lowest BCUT2D eigenvalue weighted by atomic mass is 9.99. The number of hydrogen-bond acceptors (Lipinski definition) is 6.